The van der Waals surface area contributed by atoms with Gasteiger partial charge in [0, 0.05) is 17.8 Å². The predicted molar refractivity (Wildman–Crippen MR) is 82.5 cm³/mol. The van der Waals surface area contributed by atoms with Crippen LogP contribution in [0.15, 0.2) is 48.8 Å². The van der Waals surface area contributed by atoms with Crippen LogP contribution in [0.25, 0.3) is 10.9 Å². The van der Waals surface area contributed by atoms with Crippen LogP contribution in [-0.2, 0) is 0 Å². The van der Waals surface area contributed by atoms with Crippen LogP contribution < -0.4 is 10.6 Å². The molecule has 2 amide bonds. The Morgan fingerprint density at radius 2 is 1.95 bits per heavy atom. The first-order valence-corrected chi connectivity index (χ1v) is 6.55. The highest BCUT2D eigenvalue weighted by Crippen LogP contribution is 2.20. The van der Waals surface area contributed by atoms with E-state index in [9.17, 15) is 4.79 Å². The molecule has 0 spiro atoms. The Morgan fingerprint density at radius 3 is 2.70 bits per heavy atom. The number of fused-ring (bicyclic) bond motifs is 1. The molecule has 2 aromatic rings. The topological polar surface area (TPSA) is 54.0 Å². The van der Waals surface area contributed by atoms with E-state index in [2.05, 4.69) is 36.4 Å². The summed E-state index contributed by atoms with van der Waals surface area (Å²) in [4.78, 5) is 16.1. The minimum absolute atomic E-state index is 0.0360. The second-order valence-electron chi connectivity index (χ2n) is 5.68. The maximum atomic E-state index is 11.8. The van der Waals surface area contributed by atoms with Gasteiger partial charge < -0.3 is 10.6 Å². The molecule has 0 saturated carbocycles. The van der Waals surface area contributed by atoms with Crippen molar-refractivity contribution >= 4 is 22.6 Å². The lowest BCUT2D eigenvalue weighted by Crippen LogP contribution is -2.24. The highest BCUT2D eigenvalue weighted by atomic mass is 16.2. The highest BCUT2D eigenvalue weighted by Gasteiger charge is 2.06. The number of benzene rings is 1. The van der Waals surface area contributed by atoms with Crippen molar-refractivity contribution in [1.29, 1.82) is 0 Å². The molecular weight excluding hydrogens is 250 g/mol. The number of pyridine rings is 1. The van der Waals surface area contributed by atoms with Gasteiger partial charge in [0.15, 0.2) is 0 Å². The maximum Gasteiger partial charge on any atom is 0.323 e. The lowest BCUT2D eigenvalue weighted by atomic mass is 9.97. The summed E-state index contributed by atoms with van der Waals surface area (Å²) in [6.45, 7) is 6.20. The molecule has 0 bridgehead atoms. The minimum Gasteiger partial charge on any atom is -0.315 e. The lowest BCUT2D eigenvalue weighted by molar-refractivity contribution is 0.255. The number of amides is 2. The SMILES string of the molecule is CC(C)(C)/C=C/NC(=O)Nc1cccc2cccnc12. The summed E-state index contributed by atoms with van der Waals surface area (Å²) in [7, 11) is 0. The van der Waals surface area contributed by atoms with E-state index in [4.69, 9.17) is 0 Å². The average Bonchev–Trinajstić information content (AvgIpc) is 2.37. The smallest absolute Gasteiger partial charge is 0.315 e. The second-order valence-corrected chi connectivity index (χ2v) is 5.68. The number of para-hydroxylation sites is 1. The molecule has 4 nitrogen and oxygen atoms in total. The molecule has 0 aliphatic carbocycles. The number of nitrogens with zero attached hydrogens (tertiary/aromatic N) is 1. The van der Waals surface area contributed by atoms with Gasteiger partial charge in [-0.15, -0.1) is 0 Å². The van der Waals surface area contributed by atoms with Gasteiger partial charge in [-0.25, -0.2) is 4.79 Å². The van der Waals surface area contributed by atoms with Crippen molar-refractivity contribution in [2.45, 2.75) is 20.8 Å². The van der Waals surface area contributed by atoms with Crippen LogP contribution >= 0.6 is 0 Å². The molecule has 0 atom stereocenters. The minimum atomic E-state index is -0.274. The van der Waals surface area contributed by atoms with Crippen LogP contribution in [0.1, 0.15) is 20.8 Å². The van der Waals surface area contributed by atoms with Gasteiger partial charge in [-0.2, -0.15) is 0 Å². The number of nitrogens with one attached hydrogen (secondary N) is 2. The summed E-state index contributed by atoms with van der Waals surface area (Å²) >= 11 is 0. The van der Waals surface area contributed by atoms with Crippen LogP contribution in [0, 0.1) is 5.41 Å². The zero-order valence-corrected chi connectivity index (χ0v) is 12.0. The maximum absolute atomic E-state index is 11.8. The van der Waals surface area contributed by atoms with Crippen molar-refractivity contribution in [3.63, 3.8) is 0 Å². The number of rotatable bonds is 2. The first-order valence-electron chi connectivity index (χ1n) is 6.55. The van der Waals surface area contributed by atoms with Gasteiger partial charge in [0.05, 0.1) is 11.2 Å². The Bertz CT molecular complexity index is 636. The van der Waals surface area contributed by atoms with Crippen LogP contribution in [0.2, 0.25) is 0 Å². The molecule has 0 aliphatic rings. The van der Waals surface area contributed by atoms with E-state index in [1.54, 1.807) is 12.4 Å². The summed E-state index contributed by atoms with van der Waals surface area (Å²) in [6.07, 6.45) is 5.31. The third-order valence-corrected chi connectivity index (χ3v) is 2.68. The number of aromatic nitrogens is 1. The summed E-state index contributed by atoms with van der Waals surface area (Å²) in [5.41, 5.74) is 1.52. The van der Waals surface area contributed by atoms with E-state index in [0.29, 0.717) is 5.69 Å². The number of allylic oxidation sites excluding steroid dienone is 1. The normalized spacial score (nSPS) is 11.8. The number of anilines is 1. The van der Waals surface area contributed by atoms with Gasteiger partial charge in [0.2, 0.25) is 0 Å². The fourth-order valence-electron chi connectivity index (χ4n) is 1.73. The number of hydrogen-bond acceptors (Lipinski definition) is 2. The van der Waals surface area contributed by atoms with Gasteiger partial charge in [0.1, 0.15) is 0 Å². The Balaban J connectivity index is 2.09. The fourth-order valence-corrected chi connectivity index (χ4v) is 1.73. The zero-order valence-electron chi connectivity index (χ0n) is 12.0. The summed E-state index contributed by atoms with van der Waals surface area (Å²) in [5.74, 6) is 0. The Kier molecular flexibility index (Phi) is 4.03. The van der Waals surface area contributed by atoms with E-state index < -0.39 is 0 Å². The van der Waals surface area contributed by atoms with Gasteiger partial charge in [-0.1, -0.05) is 45.0 Å². The summed E-state index contributed by atoms with van der Waals surface area (Å²) in [5, 5.41) is 6.50. The van der Waals surface area contributed by atoms with Gasteiger partial charge in [-0.05, 0) is 17.5 Å². The van der Waals surface area contributed by atoms with Crippen molar-refractivity contribution in [2.24, 2.45) is 5.41 Å². The van der Waals surface area contributed by atoms with E-state index in [1.807, 2.05) is 36.4 Å². The number of urea groups is 1. The first kappa shape index (κ1) is 14.1. The van der Waals surface area contributed by atoms with E-state index in [0.717, 1.165) is 10.9 Å². The summed E-state index contributed by atoms with van der Waals surface area (Å²) in [6, 6.07) is 9.25. The first-order chi connectivity index (χ1) is 9.46. The van der Waals surface area contributed by atoms with Crippen molar-refractivity contribution in [3.05, 3.63) is 48.8 Å². The number of hydrogen-bond donors (Lipinski definition) is 2. The van der Waals surface area contributed by atoms with Crippen LogP contribution in [-0.4, -0.2) is 11.0 Å². The molecule has 20 heavy (non-hydrogen) atoms. The average molecular weight is 269 g/mol. The fraction of sp³-hybridized carbons (Fsp3) is 0.250. The Morgan fingerprint density at radius 1 is 1.20 bits per heavy atom. The van der Waals surface area contributed by atoms with Crippen LogP contribution in [0.4, 0.5) is 10.5 Å². The Hall–Kier alpha value is -2.36. The van der Waals surface area contributed by atoms with E-state index in [1.165, 1.54) is 0 Å². The van der Waals surface area contributed by atoms with Crippen LogP contribution in [0.5, 0.6) is 0 Å². The molecule has 1 heterocycles. The largest absolute Gasteiger partial charge is 0.323 e. The third-order valence-electron chi connectivity index (χ3n) is 2.68. The molecule has 4 heteroatoms. The van der Waals surface area contributed by atoms with Crippen molar-refractivity contribution < 1.29 is 4.79 Å². The van der Waals surface area contributed by atoms with Crippen LogP contribution in [0.3, 0.4) is 0 Å². The molecule has 2 N–H and O–H groups in total. The van der Waals surface area contributed by atoms with Gasteiger partial charge in [0.25, 0.3) is 0 Å². The molecule has 0 saturated heterocycles. The van der Waals surface area contributed by atoms with Gasteiger partial charge >= 0.3 is 6.03 Å². The quantitative estimate of drug-likeness (QED) is 0.868. The highest BCUT2D eigenvalue weighted by molar-refractivity contribution is 5.99. The molecule has 1 aromatic heterocycles. The molecule has 1 aromatic carbocycles. The predicted octanol–water partition coefficient (Wildman–Crippen LogP) is 3.92. The molecule has 0 radical (unpaired) electrons. The summed E-state index contributed by atoms with van der Waals surface area (Å²) < 4.78 is 0. The van der Waals surface area contributed by atoms with Crippen molar-refractivity contribution in [2.75, 3.05) is 5.32 Å². The number of carbonyl (C=O) groups is 1. The molecule has 104 valence electrons. The lowest BCUT2D eigenvalue weighted by Gasteiger charge is -2.11. The van der Waals surface area contributed by atoms with Crippen molar-refractivity contribution in [1.82, 2.24) is 10.3 Å². The third kappa shape index (κ3) is 3.82. The Labute approximate surface area is 118 Å². The standard InChI is InChI=1S/C16H19N3O/c1-16(2,3)9-11-18-15(20)19-13-8-4-6-12-7-5-10-17-14(12)13/h4-11H,1-3H3,(H2,18,19,20)/b11-9+. The van der Waals surface area contributed by atoms with Crippen molar-refractivity contribution in [3.8, 4) is 0 Å². The molecular formula is C16H19N3O. The number of carbonyl (C=O) groups excluding carboxylic acids is 1. The molecule has 2 rings (SSSR count). The van der Waals surface area contributed by atoms with E-state index >= 15 is 0 Å². The zero-order chi connectivity index (χ0) is 14.6. The molecule has 0 unspecified atom stereocenters. The second kappa shape index (κ2) is 5.74. The van der Waals surface area contributed by atoms with E-state index in [-0.39, 0.29) is 11.4 Å². The molecule has 0 fully saturated rings. The van der Waals surface area contributed by atoms with Gasteiger partial charge in [-0.3, -0.25) is 4.98 Å². The molecule has 0 aliphatic heterocycles. The monoisotopic (exact) mass is 269 g/mol.